The number of hydrogen-bond donors (Lipinski definition) is 1. The van der Waals surface area contributed by atoms with Crippen molar-refractivity contribution in [1.82, 2.24) is 0 Å². The van der Waals surface area contributed by atoms with Crippen molar-refractivity contribution >= 4 is 5.97 Å². The molecular weight excluding hydrogens is 268 g/mol. The topological polar surface area (TPSA) is 55.8 Å². The van der Waals surface area contributed by atoms with Crippen LogP contribution in [0, 0.1) is 6.92 Å². The molecule has 2 rings (SSSR count). The van der Waals surface area contributed by atoms with Crippen molar-refractivity contribution in [2.24, 2.45) is 0 Å². The Morgan fingerprint density at radius 3 is 2.52 bits per heavy atom. The summed E-state index contributed by atoms with van der Waals surface area (Å²) in [4.78, 5) is 11.1. The van der Waals surface area contributed by atoms with Gasteiger partial charge in [0, 0.05) is 0 Å². The van der Waals surface area contributed by atoms with E-state index in [1.54, 1.807) is 18.2 Å². The van der Waals surface area contributed by atoms with Crippen LogP contribution >= 0.6 is 0 Å². The van der Waals surface area contributed by atoms with Crippen LogP contribution in [-0.2, 0) is 0 Å². The molecule has 2 aromatic rings. The lowest BCUT2D eigenvalue weighted by Crippen LogP contribution is -2.00. The number of carboxylic acid groups (broad SMARTS) is 1. The molecule has 4 heteroatoms. The zero-order chi connectivity index (χ0) is 15.4. The second-order valence-electron chi connectivity index (χ2n) is 4.63. The molecule has 0 aromatic heterocycles. The van der Waals surface area contributed by atoms with Crippen molar-refractivity contribution in [3.05, 3.63) is 47.5 Å². The number of rotatable bonds is 5. The summed E-state index contributed by atoms with van der Waals surface area (Å²) in [5, 5.41) is 9.11. The van der Waals surface area contributed by atoms with E-state index in [2.05, 4.69) is 0 Å². The lowest BCUT2D eigenvalue weighted by molar-refractivity contribution is 0.0693. The maximum Gasteiger partial charge on any atom is 0.339 e. The van der Waals surface area contributed by atoms with Crippen molar-refractivity contribution in [1.29, 1.82) is 0 Å². The van der Waals surface area contributed by atoms with E-state index in [4.69, 9.17) is 14.6 Å². The molecule has 0 radical (unpaired) electrons. The minimum atomic E-state index is -0.998. The lowest BCUT2D eigenvalue weighted by atomic mass is 9.98. The van der Waals surface area contributed by atoms with Gasteiger partial charge in [-0.1, -0.05) is 12.1 Å². The highest BCUT2D eigenvalue weighted by molar-refractivity contribution is 5.92. The second-order valence-corrected chi connectivity index (χ2v) is 4.63. The number of methoxy groups -OCH3 is 1. The third-order valence-corrected chi connectivity index (χ3v) is 3.25. The molecule has 0 fully saturated rings. The van der Waals surface area contributed by atoms with E-state index in [1.165, 1.54) is 7.11 Å². The summed E-state index contributed by atoms with van der Waals surface area (Å²) in [5.74, 6) is 0.183. The Bertz CT molecular complexity index is 662. The van der Waals surface area contributed by atoms with E-state index in [9.17, 15) is 4.79 Å². The van der Waals surface area contributed by atoms with E-state index in [1.807, 2.05) is 32.0 Å². The Morgan fingerprint density at radius 2 is 1.95 bits per heavy atom. The van der Waals surface area contributed by atoms with Gasteiger partial charge in [0.15, 0.2) is 0 Å². The van der Waals surface area contributed by atoms with E-state index >= 15 is 0 Å². The van der Waals surface area contributed by atoms with E-state index < -0.39 is 5.97 Å². The van der Waals surface area contributed by atoms with Crippen LogP contribution in [0.5, 0.6) is 11.5 Å². The van der Waals surface area contributed by atoms with Crippen LogP contribution in [0.1, 0.15) is 22.8 Å². The van der Waals surface area contributed by atoms with Crippen molar-refractivity contribution in [2.75, 3.05) is 13.7 Å². The van der Waals surface area contributed by atoms with E-state index in [0.29, 0.717) is 12.4 Å². The van der Waals surface area contributed by atoms with Crippen LogP contribution in [-0.4, -0.2) is 24.8 Å². The van der Waals surface area contributed by atoms with Crippen LogP contribution in [0.25, 0.3) is 11.1 Å². The second kappa shape index (κ2) is 6.31. The Morgan fingerprint density at radius 1 is 1.19 bits per heavy atom. The molecule has 4 nitrogen and oxygen atoms in total. The summed E-state index contributed by atoms with van der Waals surface area (Å²) in [6.07, 6.45) is 0. The fourth-order valence-electron chi connectivity index (χ4n) is 2.25. The van der Waals surface area contributed by atoms with Gasteiger partial charge in [0.25, 0.3) is 0 Å². The van der Waals surface area contributed by atoms with Crippen LogP contribution < -0.4 is 9.47 Å². The molecule has 0 aliphatic rings. The van der Waals surface area contributed by atoms with Crippen molar-refractivity contribution < 1.29 is 19.4 Å². The molecule has 0 saturated heterocycles. The maximum absolute atomic E-state index is 11.1. The summed E-state index contributed by atoms with van der Waals surface area (Å²) in [5.41, 5.74) is 3.15. The molecule has 0 atom stereocenters. The smallest absolute Gasteiger partial charge is 0.339 e. The number of benzene rings is 2. The third-order valence-electron chi connectivity index (χ3n) is 3.25. The largest absolute Gasteiger partial charge is 0.496 e. The van der Waals surface area contributed by atoms with Gasteiger partial charge in [0.1, 0.15) is 17.1 Å². The highest BCUT2D eigenvalue weighted by atomic mass is 16.5. The zero-order valence-electron chi connectivity index (χ0n) is 12.3. The average Bonchev–Trinajstić information content (AvgIpc) is 2.47. The molecule has 0 bridgehead atoms. The molecule has 0 saturated carbocycles. The van der Waals surface area contributed by atoms with Crippen LogP contribution in [0.3, 0.4) is 0 Å². The summed E-state index contributed by atoms with van der Waals surface area (Å²) in [7, 11) is 1.47. The molecule has 0 aliphatic carbocycles. The van der Waals surface area contributed by atoms with Gasteiger partial charge in [0.2, 0.25) is 0 Å². The van der Waals surface area contributed by atoms with Crippen molar-refractivity contribution in [3.8, 4) is 22.6 Å². The average molecular weight is 286 g/mol. The molecule has 1 N–H and O–H groups in total. The highest BCUT2D eigenvalue weighted by Crippen LogP contribution is 2.31. The number of aryl methyl sites for hydroxylation is 1. The van der Waals surface area contributed by atoms with Gasteiger partial charge in [-0.3, -0.25) is 0 Å². The summed E-state index contributed by atoms with van der Waals surface area (Å²) in [6.45, 7) is 4.56. The summed E-state index contributed by atoms with van der Waals surface area (Å²) in [6, 6.07) is 10.9. The number of ether oxygens (including phenoxy) is 2. The lowest BCUT2D eigenvalue weighted by Gasteiger charge is -2.12. The van der Waals surface area contributed by atoms with Crippen LogP contribution in [0.4, 0.5) is 0 Å². The predicted molar refractivity (Wildman–Crippen MR) is 81.3 cm³/mol. The van der Waals surface area contributed by atoms with E-state index in [-0.39, 0.29) is 5.56 Å². The number of carboxylic acids is 1. The standard InChI is InChI=1S/C17H18O4/c1-4-21-13-6-8-14(11(2)9-13)12-5-7-15(17(18)19)16(10-12)20-3/h5-10H,4H2,1-3H3,(H,18,19). The zero-order valence-corrected chi connectivity index (χ0v) is 12.3. The minimum Gasteiger partial charge on any atom is -0.496 e. The molecule has 0 spiro atoms. The van der Waals surface area contributed by atoms with E-state index in [0.717, 1.165) is 22.4 Å². The molecule has 2 aromatic carbocycles. The van der Waals surface area contributed by atoms with Gasteiger partial charge in [-0.05, 0) is 54.8 Å². The van der Waals surface area contributed by atoms with Gasteiger partial charge in [-0.15, -0.1) is 0 Å². The van der Waals surface area contributed by atoms with Gasteiger partial charge >= 0.3 is 5.97 Å². The Labute approximate surface area is 123 Å². The highest BCUT2D eigenvalue weighted by Gasteiger charge is 2.13. The van der Waals surface area contributed by atoms with Crippen LogP contribution in [0.15, 0.2) is 36.4 Å². The predicted octanol–water partition coefficient (Wildman–Crippen LogP) is 3.77. The monoisotopic (exact) mass is 286 g/mol. The third kappa shape index (κ3) is 3.16. The molecule has 110 valence electrons. The normalized spacial score (nSPS) is 10.2. The molecule has 0 aliphatic heterocycles. The van der Waals surface area contributed by atoms with Gasteiger partial charge in [0.05, 0.1) is 13.7 Å². The van der Waals surface area contributed by atoms with Crippen LogP contribution in [0.2, 0.25) is 0 Å². The quantitative estimate of drug-likeness (QED) is 0.909. The first-order valence-electron chi connectivity index (χ1n) is 6.72. The van der Waals surface area contributed by atoms with Crippen molar-refractivity contribution in [3.63, 3.8) is 0 Å². The summed E-state index contributed by atoms with van der Waals surface area (Å²) < 4.78 is 10.6. The fourth-order valence-corrected chi connectivity index (χ4v) is 2.25. The number of aromatic carboxylic acids is 1. The molecule has 0 heterocycles. The molecule has 0 amide bonds. The number of hydrogen-bond acceptors (Lipinski definition) is 3. The van der Waals surface area contributed by atoms with Crippen molar-refractivity contribution in [2.45, 2.75) is 13.8 Å². The first-order chi connectivity index (χ1) is 10.1. The summed E-state index contributed by atoms with van der Waals surface area (Å²) >= 11 is 0. The molecule has 21 heavy (non-hydrogen) atoms. The maximum atomic E-state index is 11.1. The Balaban J connectivity index is 2.45. The molecular formula is C17H18O4. The van der Waals surface area contributed by atoms with Gasteiger partial charge < -0.3 is 14.6 Å². The van der Waals surface area contributed by atoms with Gasteiger partial charge in [-0.2, -0.15) is 0 Å². The Kier molecular flexibility index (Phi) is 4.48. The van der Waals surface area contributed by atoms with Gasteiger partial charge in [-0.25, -0.2) is 4.79 Å². The number of carbonyl (C=O) groups is 1. The SMILES string of the molecule is CCOc1ccc(-c2ccc(C(=O)O)c(OC)c2)c(C)c1. The molecule has 0 unspecified atom stereocenters. The fraction of sp³-hybridized carbons (Fsp3) is 0.235. The minimum absolute atomic E-state index is 0.157. The first-order valence-corrected chi connectivity index (χ1v) is 6.72. The Hall–Kier alpha value is -2.49. The first kappa shape index (κ1) is 14.9.